The van der Waals surface area contributed by atoms with Gasteiger partial charge in [0.1, 0.15) is 0 Å². The lowest BCUT2D eigenvalue weighted by Crippen LogP contribution is -2.08. The molecular weight excluding hydrogens is 133 g/mol. The van der Waals surface area contributed by atoms with E-state index in [4.69, 9.17) is 7.98 Å². The number of nitrogens with zero attached hydrogens (tertiary/aromatic N) is 1. The van der Waals surface area contributed by atoms with Crippen molar-refractivity contribution in [3.05, 3.63) is 42.0 Å². The van der Waals surface area contributed by atoms with Gasteiger partial charge in [-0.25, -0.2) is 0 Å². The van der Waals surface area contributed by atoms with Gasteiger partial charge in [-0.2, -0.15) is 0 Å². The van der Waals surface area contributed by atoms with Crippen LogP contribution in [-0.2, 0) is 6.54 Å². The van der Waals surface area contributed by atoms with E-state index in [1.165, 1.54) is 11.1 Å². The molecule has 0 N–H and O–H groups in total. The highest BCUT2D eigenvalue weighted by Gasteiger charge is 2.16. The Morgan fingerprint density at radius 1 is 1.36 bits per heavy atom. The molecule has 0 amide bonds. The standard InChI is InChI=1S/C9H8BN/c1-7-9-5-3-2-4-8(9)6-11(7)10/h2-5H,1,6H2. The third-order valence-electron chi connectivity index (χ3n) is 2.02. The summed E-state index contributed by atoms with van der Waals surface area (Å²) in [6.45, 7) is 4.66. The van der Waals surface area contributed by atoms with E-state index >= 15 is 0 Å². The van der Waals surface area contributed by atoms with Crippen molar-refractivity contribution in [2.24, 2.45) is 0 Å². The Balaban J connectivity index is 2.55. The molecule has 0 spiro atoms. The van der Waals surface area contributed by atoms with Gasteiger partial charge in [0, 0.05) is 17.8 Å². The van der Waals surface area contributed by atoms with Crippen molar-refractivity contribution in [1.82, 2.24) is 4.81 Å². The second kappa shape index (κ2) is 2.16. The zero-order chi connectivity index (χ0) is 7.84. The van der Waals surface area contributed by atoms with Gasteiger partial charge in [-0.05, 0) is 5.56 Å². The predicted molar refractivity (Wildman–Crippen MR) is 46.8 cm³/mol. The number of rotatable bonds is 0. The van der Waals surface area contributed by atoms with Gasteiger partial charge in [0.2, 0.25) is 7.98 Å². The van der Waals surface area contributed by atoms with Gasteiger partial charge < -0.3 is 4.81 Å². The monoisotopic (exact) mass is 141 g/mol. The molecule has 0 aliphatic carbocycles. The summed E-state index contributed by atoms with van der Waals surface area (Å²) in [5.41, 5.74) is 3.36. The average molecular weight is 141 g/mol. The molecule has 0 aromatic heterocycles. The minimum Gasteiger partial charge on any atom is -0.421 e. The number of hydrogen-bond donors (Lipinski definition) is 0. The first-order valence-corrected chi connectivity index (χ1v) is 3.58. The van der Waals surface area contributed by atoms with Crippen LogP contribution in [0.3, 0.4) is 0 Å². The van der Waals surface area contributed by atoms with E-state index in [-0.39, 0.29) is 0 Å². The van der Waals surface area contributed by atoms with E-state index in [1.807, 2.05) is 18.2 Å². The number of fused-ring (bicyclic) bond motifs is 1. The summed E-state index contributed by atoms with van der Waals surface area (Å²) < 4.78 is 0. The van der Waals surface area contributed by atoms with Gasteiger partial charge in [-0.3, -0.25) is 0 Å². The molecule has 0 saturated carbocycles. The minimum atomic E-state index is 0.787. The van der Waals surface area contributed by atoms with E-state index in [1.54, 1.807) is 4.81 Å². The summed E-state index contributed by atoms with van der Waals surface area (Å²) in [6.07, 6.45) is 0. The molecule has 1 aromatic rings. The molecule has 1 aliphatic rings. The smallest absolute Gasteiger partial charge is 0.227 e. The zero-order valence-corrected chi connectivity index (χ0v) is 6.25. The van der Waals surface area contributed by atoms with Crippen molar-refractivity contribution in [2.75, 3.05) is 0 Å². The first-order valence-electron chi connectivity index (χ1n) is 3.58. The topological polar surface area (TPSA) is 3.24 Å². The van der Waals surface area contributed by atoms with Crippen LogP contribution in [0.25, 0.3) is 5.70 Å². The van der Waals surface area contributed by atoms with Gasteiger partial charge in [0.15, 0.2) is 0 Å². The van der Waals surface area contributed by atoms with Crippen molar-refractivity contribution in [1.29, 1.82) is 0 Å². The Kier molecular flexibility index (Phi) is 1.28. The van der Waals surface area contributed by atoms with Crippen molar-refractivity contribution in [3.8, 4) is 0 Å². The van der Waals surface area contributed by atoms with Gasteiger partial charge in [-0.1, -0.05) is 30.8 Å². The highest BCUT2D eigenvalue weighted by Crippen LogP contribution is 2.28. The lowest BCUT2D eigenvalue weighted by Gasteiger charge is -2.10. The second-order valence-electron chi connectivity index (χ2n) is 2.73. The third-order valence-corrected chi connectivity index (χ3v) is 2.02. The molecule has 1 nitrogen and oxygen atoms in total. The molecule has 1 aliphatic heterocycles. The highest BCUT2D eigenvalue weighted by atomic mass is 15.1. The minimum absolute atomic E-state index is 0.787. The summed E-state index contributed by atoms with van der Waals surface area (Å²) in [5.74, 6) is 0. The zero-order valence-electron chi connectivity index (χ0n) is 6.25. The number of hydrogen-bond acceptors (Lipinski definition) is 1. The van der Waals surface area contributed by atoms with Crippen LogP contribution in [0.5, 0.6) is 0 Å². The van der Waals surface area contributed by atoms with Crippen molar-refractivity contribution in [3.63, 3.8) is 0 Å². The summed E-state index contributed by atoms with van der Waals surface area (Å²) in [7, 11) is 5.66. The first-order chi connectivity index (χ1) is 5.29. The van der Waals surface area contributed by atoms with Crippen molar-refractivity contribution >= 4 is 13.7 Å². The molecule has 0 unspecified atom stereocenters. The van der Waals surface area contributed by atoms with E-state index in [2.05, 4.69) is 12.6 Å². The fourth-order valence-electron chi connectivity index (χ4n) is 1.37. The Morgan fingerprint density at radius 2 is 2.09 bits per heavy atom. The Labute approximate surface area is 67.8 Å². The molecule has 52 valence electrons. The molecule has 2 radical (unpaired) electrons. The van der Waals surface area contributed by atoms with Crippen LogP contribution in [0.1, 0.15) is 11.1 Å². The van der Waals surface area contributed by atoms with Crippen LogP contribution >= 0.6 is 0 Å². The molecule has 0 fully saturated rings. The lowest BCUT2D eigenvalue weighted by molar-refractivity contribution is 0.659. The van der Waals surface area contributed by atoms with Crippen LogP contribution in [0.2, 0.25) is 0 Å². The average Bonchev–Trinajstić information content (AvgIpc) is 2.30. The van der Waals surface area contributed by atoms with Gasteiger partial charge >= 0.3 is 0 Å². The largest absolute Gasteiger partial charge is 0.421 e. The SMILES string of the molecule is [B]N1Cc2ccccc2C1=C. The van der Waals surface area contributed by atoms with E-state index in [0.717, 1.165) is 12.2 Å². The predicted octanol–water partition coefficient (Wildman–Crippen LogP) is 1.56. The van der Waals surface area contributed by atoms with E-state index in [9.17, 15) is 0 Å². The Bertz CT molecular complexity index is 306. The maximum atomic E-state index is 5.66. The molecule has 2 rings (SSSR count). The molecule has 0 saturated heterocycles. The quantitative estimate of drug-likeness (QED) is 0.495. The number of benzene rings is 1. The summed E-state index contributed by atoms with van der Waals surface area (Å²) >= 11 is 0. The summed E-state index contributed by atoms with van der Waals surface area (Å²) in [4.78, 5) is 1.67. The second-order valence-corrected chi connectivity index (χ2v) is 2.73. The third kappa shape index (κ3) is 0.863. The molecule has 1 heterocycles. The first kappa shape index (κ1) is 6.53. The van der Waals surface area contributed by atoms with Crippen LogP contribution in [0.15, 0.2) is 30.8 Å². The molecular formula is C9H8BN. The lowest BCUT2D eigenvalue weighted by atomic mass is 10.1. The maximum absolute atomic E-state index is 5.66. The molecule has 11 heavy (non-hydrogen) atoms. The molecule has 2 heteroatoms. The van der Waals surface area contributed by atoms with Crippen LogP contribution in [-0.4, -0.2) is 12.8 Å². The fraction of sp³-hybridized carbons (Fsp3) is 0.111. The maximum Gasteiger partial charge on any atom is 0.227 e. The Hall–Kier alpha value is -1.18. The van der Waals surface area contributed by atoms with Crippen molar-refractivity contribution in [2.45, 2.75) is 6.54 Å². The van der Waals surface area contributed by atoms with Crippen LogP contribution in [0.4, 0.5) is 0 Å². The van der Waals surface area contributed by atoms with Gasteiger partial charge in [0.25, 0.3) is 0 Å². The molecule has 0 bridgehead atoms. The fourth-order valence-corrected chi connectivity index (χ4v) is 1.37. The highest BCUT2D eigenvalue weighted by molar-refractivity contribution is 6.10. The summed E-state index contributed by atoms with van der Waals surface area (Å²) in [5, 5.41) is 0. The molecule has 0 atom stereocenters. The molecule has 1 aromatic carbocycles. The van der Waals surface area contributed by atoms with E-state index < -0.39 is 0 Å². The van der Waals surface area contributed by atoms with Gasteiger partial charge in [0.05, 0.1) is 0 Å². The normalized spacial score (nSPS) is 15.3. The van der Waals surface area contributed by atoms with Crippen molar-refractivity contribution < 1.29 is 0 Å². The van der Waals surface area contributed by atoms with Crippen LogP contribution < -0.4 is 0 Å². The summed E-state index contributed by atoms with van der Waals surface area (Å²) in [6, 6.07) is 8.15. The van der Waals surface area contributed by atoms with Crippen LogP contribution in [0, 0.1) is 0 Å². The van der Waals surface area contributed by atoms with Gasteiger partial charge in [-0.15, -0.1) is 0 Å². The Morgan fingerprint density at radius 3 is 2.82 bits per heavy atom. The van der Waals surface area contributed by atoms with E-state index in [0.29, 0.717) is 0 Å².